The fraction of sp³-hybridized carbons (Fsp3) is 0.571. The molecule has 0 aliphatic heterocycles. The van der Waals surface area contributed by atoms with E-state index in [4.69, 9.17) is 23.2 Å². The summed E-state index contributed by atoms with van der Waals surface area (Å²) in [6, 6.07) is 4.94. The van der Waals surface area contributed by atoms with Crippen molar-refractivity contribution in [3.8, 4) is 0 Å². The Bertz CT molecular complexity index is 468. The van der Waals surface area contributed by atoms with Gasteiger partial charge in [-0.15, -0.1) is 0 Å². The van der Waals surface area contributed by atoms with Crippen molar-refractivity contribution in [3.05, 3.63) is 28.8 Å². The third-order valence-electron chi connectivity index (χ3n) is 3.94. The number of hydrazine groups is 1. The molecule has 20 heavy (non-hydrogen) atoms. The number of nitrogens with two attached hydrogens (primary N) is 2. The third-order valence-corrected chi connectivity index (χ3v) is 4.17. The fourth-order valence-corrected chi connectivity index (χ4v) is 3.14. The molecule has 6 heteroatoms. The zero-order valence-electron chi connectivity index (χ0n) is 11.2. The van der Waals surface area contributed by atoms with Gasteiger partial charge in [0.2, 0.25) is 5.92 Å². The molecule has 3 nitrogen and oxygen atoms in total. The Morgan fingerprint density at radius 3 is 2.80 bits per heavy atom. The Balaban J connectivity index is 2.09. The second-order valence-electron chi connectivity index (χ2n) is 5.55. The molecular formula is C14H20ClF2N3. The van der Waals surface area contributed by atoms with Crippen molar-refractivity contribution in [1.82, 2.24) is 5.43 Å². The average Bonchev–Trinajstić information content (AvgIpc) is 2.35. The summed E-state index contributed by atoms with van der Waals surface area (Å²) >= 11 is 5.86. The summed E-state index contributed by atoms with van der Waals surface area (Å²) in [6.07, 6.45) is 1.84. The molecule has 2 rings (SSSR count). The van der Waals surface area contributed by atoms with Crippen LogP contribution in [0.15, 0.2) is 18.2 Å². The standard InChI is InChI=1S/C14H20ClF2N3/c15-10-3-4-11(12(18)7-10)13(20-19)6-9-2-1-5-14(16,17)8-9/h3-4,7,9,13,20H,1-2,5-6,8,18-19H2. The van der Waals surface area contributed by atoms with Crippen molar-refractivity contribution in [3.63, 3.8) is 0 Å². The van der Waals surface area contributed by atoms with E-state index in [0.29, 0.717) is 23.6 Å². The Morgan fingerprint density at radius 1 is 1.45 bits per heavy atom. The topological polar surface area (TPSA) is 64.1 Å². The fourth-order valence-electron chi connectivity index (χ4n) is 2.96. The van der Waals surface area contributed by atoms with Gasteiger partial charge in [-0.25, -0.2) is 8.78 Å². The SMILES string of the molecule is NNC(CC1CCCC(F)(F)C1)c1ccc(Cl)cc1N. The lowest BCUT2D eigenvalue weighted by molar-refractivity contribution is -0.0548. The van der Waals surface area contributed by atoms with E-state index in [1.165, 1.54) is 0 Å². The van der Waals surface area contributed by atoms with Gasteiger partial charge in [0.1, 0.15) is 0 Å². The number of nitrogen functional groups attached to an aromatic ring is 1. The molecular weight excluding hydrogens is 284 g/mol. The molecule has 0 spiro atoms. The maximum Gasteiger partial charge on any atom is 0.248 e. The number of hydrogen-bond acceptors (Lipinski definition) is 3. The summed E-state index contributed by atoms with van der Waals surface area (Å²) in [6.45, 7) is 0. The van der Waals surface area contributed by atoms with E-state index in [2.05, 4.69) is 5.43 Å². The van der Waals surface area contributed by atoms with Crippen LogP contribution in [0.2, 0.25) is 5.02 Å². The van der Waals surface area contributed by atoms with Gasteiger partial charge in [0.15, 0.2) is 0 Å². The van der Waals surface area contributed by atoms with E-state index in [1.54, 1.807) is 18.2 Å². The molecule has 0 saturated heterocycles. The number of halogens is 3. The van der Waals surface area contributed by atoms with Gasteiger partial charge < -0.3 is 5.73 Å². The number of benzene rings is 1. The Kier molecular flexibility index (Phi) is 4.83. The first-order valence-corrected chi connectivity index (χ1v) is 7.18. The molecule has 1 aliphatic carbocycles. The van der Waals surface area contributed by atoms with E-state index in [0.717, 1.165) is 12.0 Å². The Labute approximate surface area is 122 Å². The van der Waals surface area contributed by atoms with Crippen LogP contribution in [0, 0.1) is 5.92 Å². The lowest BCUT2D eigenvalue weighted by atomic mass is 9.81. The van der Waals surface area contributed by atoms with Crippen LogP contribution in [-0.4, -0.2) is 5.92 Å². The minimum Gasteiger partial charge on any atom is -0.398 e. The average molecular weight is 304 g/mol. The lowest BCUT2D eigenvalue weighted by Gasteiger charge is -2.31. The number of hydrogen-bond donors (Lipinski definition) is 3. The van der Waals surface area contributed by atoms with Gasteiger partial charge in [-0.1, -0.05) is 17.7 Å². The van der Waals surface area contributed by atoms with Crippen LogP contribution >= 0.6 is 11.6 Å². The minimum atomic E-state index is -2.55. The summed E-state index contributed by atoms with van der Waals surface area (Å²) in [5.74, 6) is 2.98. The van der Waals surface area contributed by atoms with Crippen LogP contribution in [0.25, 0.3) is 0 Å². The summed E-state index contributed by atoms with van der Waals surface area (Å²) < 4.78 is 26.9. The van der Waals surface area contributed by atoms with Crippen molar-refractivity contribution >= 4 is 17.3 Å². The quantitative estimate of drug-likeness (QED) is 0.452. The normalized spacial score (nSPS) is 23.5. The van der Waals surface area contributed by atoms with E-state index < -0.39 is 5.92 Å². The van der Waals surface area contributed by atoms with Gasteiger partial charge in [-0.05, 0) is 42.9 Å². The van der Waals surface area contributed by atoms with E-state index in [1.807, 2.05) is 0 Å². The first-order valence-electron chi connectivity index (χ1n) is 6.80. The van der Waals surface area contributed by atoms with Gasteiger partial charge in [0.25, 0.3) is 0 Å². The van der Waals surface area contributed by atoms with Gasteiger partial charge in [0.05, 0.1) is 0 Å². The van der Waals surface area contributed by atoms with Gasteiger partial charge in [-0.2, -0.15) is 0 Å². The van der Waals surface area contributed by atoms with E-state index >= 15 is 0 Å². The molecule has 112 valence electrons. The van der Waals surface area contributed by atoms with Crippen LogP contribution in [0.4, 0.5) is 14.5 Å². The first kappa shape index (κ1) is 15.5. The van der Waals surface area contributed by atoms with Crippen LogP contribution in [0.1, 0.15) is 43.7 Å². The second kappa shape index (κ2) is 6.24. The lowest BCUT2D eigenvalue weighted by Crippen LogP contribution is -2.33. The second-order valence-corrected chi connectivity index (χ2v) is 5.98. The van der Waals surface area contributed by atoms with E-state index in [-0.39, 0.29) is 24.8 Å². The summed E-state index contributed by atoms with van der Waals surface area (Å²) in [4.78, 5) is 0. The summed E-state index contributed by atoms with van der Waals surface area (Å²) in [5.41, 5.74) is 9.95. The number of anilines is 1. The highest BCUT2D eigenvalue weighted by Gasteiger charge is 2.37. The number of alkyl halides is 2. The van der Waals surface area contributed by atoms with E-state index in [9.17, 15) is 8.78 Å². The Hall–Kier alpha value is -0.910. The molecule has 1 aromatic rings. The molecule has 0 amide bonds. The van der Waals surface area contributed by atoms with Crippen molar-refractivity contribution in [2.45, 2.75) is 44.1 Å². The molecule has 1 aromatic carbocycles. The van der Waals surface area contributed by atoms with Crippen molar-refractivity contribution in [2.24, 2.45) is 11.8 Å². The van der Waals surface area contributed by atoms with Crippen molar-refractivity contribution in [2.75, 3.05) is 5.73 Å². The molecule has 0 bridgehead atoms. The summed E-state index contributed by atoms with van der Waals surface area (Å²) in [5, 5.41) is 0.547. The molecule has 0 heterocycles. The number of nitrogens with one attached hydrogen (secondary N) is 1. The smallest absolute Gasteiger partial charge is 0.248 e. The predicted octanol–water partition coefficient (Wildman–Crippen LogP) is 3.64. The molecule has 0 aromatic heterocycles. The van der Waals surface area contributed by atoms with Gasteiger partial charge in [-0.3, -0.25) is 11.3 Å². The monoisotopic (exact) mass is 303 g/mol. The highest BCUT2D eigenvalue weighted by molar-refractivity contribution is 6.30. The van der Waals surface area contributed by atoms with Crippen LogP contribution < -0.4 is 17.0 Å². The largest absolute Gasteiger partial charge is 0.398 e. The molecule has 1 saturated carbocycles. The van der Waals surface area contributed by atoms with Crippen LogP contribution in [-0.2, 0) is 0 Å². The van der Waals surface area contributed by atoms with Crippen molar-refractivity contribution < 1.29 is 8.78 Å². The molecule has 1 fully saturated rings. The molecule has 2 atom stereocenters. The molecule has 1 aliphatic rings. The summed E-state index contributed by atoms with van der Waals surface area (Å²) in [7, 11) is 0. The molecule has 0 radical (unpaired) electrons. The van der Waals surface area contributed by atoms with Crippen molar-refractivity contribution in [1.29, 1.82) is 0 Å². The van der Waals surface area contributed by atoms with Gasteiger partial charge in [0, 0.05) is 29.6 Å². The predicted molar refractivity (Wildman–Crippen MR) is 77.5 cm³/mol. The molecule has 5 N–H and O–H groups in total. The Morgan fingerprint density at radius 2 is 2.20 bits per heavy atom. The van der Waals surface area contributed by atoms with Crippen LogP contribution in [0.3, 0.4) is 0 Å². The van der Waals surface area contributed by atoms with Gasteiger partial charge >= 0.3 is 0 Å². The number of rotatable bonds is 4. The zero-order chi connectivity index (χ0) is 14.8. The maximum atomic E-state index is 13.4. The van der Waals surface area contributed by atoms with Crippen LogP contribution in [0.5, 0.6) is 0 Å². The third kappa shape index (κ3) is 3.81. The highest BCUT2D eigenvalue weighted by atomic mass is 35.5. The first-order chi connectivity index (χ1) is 9.41. The highest BCUT2D eigenvalue weighted by Crippen LogP contribution is 2.40. The zero-order valence-corrected chi connectivity index (χ0v) is 12.0. The maximum absolute atomic E-state index is 13.4. The molecule has 2 unspecified atom stereocenters. The minimum absolute atomic E-state index is 0.00664.